The van der Waals surface area contributed by atoms with E-state index < -0.39 is 24.1 Å². The van der Waals surface area contributed by atoms with Crippen molar-refractivity contribution in [2.24, 2.45) is 5.92 Å². The van der Waals surface area contributed by atoms with Crippen molar-refractivity contribution in [1.29, 1.82) is 0 Å². The molecule has 0 aliphatic rings. The van der Waals surface area contributed by atoms with Crippen LogP contribution in [0.2, 0.25) is 0 Å². The van der Waals surface area contributed by atoms with Gasteiger partial charge < -0.3 is 19.7 Å². The summed E-state index contributed by atoms with van der Waals surface area (Å²) in [4.78, 5) is 22.1. The highest BCUT2D eigenvalue weighted by Gasteiger charge is 2.30. The fourth-order valence-electron chi connectivity index (χ4n) is 2.92. The molecule has 0 radical (unpaired) electrons. The van der Waals surface area contributed by atoms with Crippen molar-refractivity contribution in [3.05, 3.63) is 0 Å². The number of rotatable bonds is 18. The van der Waals surface area contributed by atoms with E-state index in [9.17, 15) is 9.59 Å². The van der Waals surface area contributed by atoms with E-state index in [0.29, 0.717) is 6.61 Å². The second-order valence-electron chi connectivity index (χ2n) is 6.91. The Labute approximate surface area is 158 Å². The van der Waals surface area contributed by atoms with Gasteiger partial charge in [0.15, 0.2) is 12.2 Å². The van der Waals surface area contributed by atoms with Gasteiger partial charge in [0.25, 0.3) is 0 Å². The van der Waals surface area contributed by atoms with Gasteiger partial charge in [-0.25, -0.2) is 0 Å². The number of hydrogen-bond acceptors (Lipinski definition) is 4. The molecule has 0 aliphatic carbocycles. The maximum Gasteiger partial charge on any atom is 0.318 e. The van der Waals surface area contributed by atoms with Crippen LogP contribution in [0.15, 0.2) is 0 Å². The summed E-state index contributed by atoms with van der Waals surface area (Å²) in [5, 5.41) is 18.0. The Balaban J connectivity index is 3.98. The van der Waals surface area contributed by atoms with E-state index >= 15 is 0 Å². The summed E-state index contributed by atoms with van der Waals surface area (Å²) in [7, 11) is 0. The third-order valence-electron chi connectivity index (χ3n) is 4.48. The van der Waals surface area contributed by atoms with Crippen molar-refractivity contribution in [3.63, 3.8) is 0 Å². The van der Waals surface area contributed by atoms with Crippen LogP contribution in [0.25, 0.3) is 0 Å². The van der Waals surface area contributed by atoms with Crippen molar-refractivity contribution in [2.45, 2.75) is 104 Å². The average molecular weight is 375 g/mol. The average Bonchev–Trinajstić information content (AvgIpc) is 2.57. The molecule has 26 heavy (non-hydrogen) atoms. The van der Waals surface area contributed by atoms with Crippen LogP contribution in [-0.2, 0) is 19.1 Å². The third-order valence-corrected chi connectivity index (χ3v) is 4.48. The molecule has 0 heterocycles. The predicted octanol–water partition coefficient (Wildman–Crippen LogP) is 4.85. The molecule has 6 heteroatoms. The molecule has 0 aromatic carbocycles. The van der Waals surface area contributed by atoms with E-state index in [-0.39, 0.29) is 12.5 Å². The molecular weight excluding hydrogens is 336 g/mol. The zero-order valence-electron chi connectivity index (χ0n) is 16.7. The SMILES string of the molecule is CCCCCCCCCCCC(C)OC(CC(C(=O)O)C(=O)O)OCC. The lowest BCUT2D eigenvalue weighted by molar-refractivity contribution is -0.185. The standard InChI is InChI=1S/C20H38O6/c1-4-6-7-8-9-10-11-12-13-14-16(3)26-18(25-5-2)15-17(19(21)22)20(23)24/h16-18H,4-15H2,1-3H3,(H,21,22)(H,23,24). The maximum atomic E-state index is 11.0. The molecule has 2 N–H and O–H groups in total. The van der Waals surface area contributed by atoms with Crippen molar-refractivity contribution < 1.29 is 29.3 Å². The molecule has 0 spiro atoms. The van der Waals surface area contributed by atoms with Crippen molar-refractivity contribution in [3.8, 4) is 0 Å². The van der Waals surface area contributed by atoms with Gasteiger partial charge in [-0.3, -0.25) is 9.59 Å². The summed E-state index contributed by atoms with van der Waals surface area (Å²) in [6.07, 6.45) is 11.1. The monoisotopic (exact) mass is 374 g/mol. The lowest BCUT2D eigenvalue weighted by atomic mass is 10.0. The number of carboxylic acids is 2. The first kappa shape index (κ1) is 24.9. The Morgan fingerprint density at radius 2 is 1.35 bits per heavy atom. The quantitative estimate of drug-likeness (QED) is 0.202. The van der Waals surface area contributed by atoms with Crippen LogP contribution in [0.4, 0.5) is 0 Å². The Kier molecular flexibility index (Phi) is 15.4. The Hall–Kier alpha value is -1.14. The van der Waals surface area contributed by atoms with Crippen LogP contribution in [0, 0.1) is 5.92 Å². The number of carbonyl (C=O) groups is 2. The summed E-state index contributed by atoms with van der Waals surface area (Å²) in [6.45, 7) is 6.27. The van der Waals surface area contributed by atoms with E-state index in [1.807, 2.05) is 6.92 Å². The third kappa shape index (κ3) is 13.1. The van der Waals surface area contributed by atoms with Crippen LogP contribution in [0.1, 0.15) is 91.4 Å². The van der Waals surface area contributed by atoms with Crippen molar-refractivity contribution >= 4 is 11.9 Å². The summed E-state index contributed by atoms with van der Waals surface area (Å²) in [6, 6.07) is 0. The maximum absolute atomic E-state index is 11.0. The second kappa shape index (κ2) is 16.1. The highest BCUT2D eigenvalue weighted by Crippen LogP contribution is 2.17. The molecule has 0 rings (SSSR count). The highest BCUT2D eigenvalue weighted by atomic mass is 16.7. The summed E-state index contributed by atoms with van der Waals surface area (Å²) >= 11 is 0. The van der Waals surface area contributed by atoms with Gasteiger partial charge in [0.05, 0.1) is 6.10 Å². The fraction of sp³-hybridized carbons (Fsp3) is 0.900. The molecule has 154 valence electrons. The fourth-order valence-corrected chi connectivity index (χ4v) is 2.92. The van der Waals surface area contributed by atoms with Gasteiger partial charge >= 0.3 is 11.9 Å². The smallest absolute Gasteiger partial charge is 0.318 e. The van der Waals surface area contributed by atoms with Crippen LogP contribution in [0.5, 0.6) is 0 Å². The molecule has 0 bridgehead atoms. The van der Waals surface area contributed by atoms with E-state index in [2.05, 4.69) is 6.92 Å². The van der Waals surface area contributed by atoms with E-state index in [1.165, 1.54) is 44.9 Å². The minimum Gasteiger partial charge on any atom is -0.481 e. The van der Waals surface area contributed by atoms with Gasteiger partial charge in [-0.1, -0.05) is 64.7 Å². The number of hydrogen-bond donors (Lipinski definition) is 2. The zero-order chi connectivity index (χ0) is 19.8. The molecule has 2 atom stereocenters. The molecule has 2 unspecified atom stereocenters. The van der Waals surface area contributed by atoms with E-state index in [1.54, 1.807) is 6.92 Å². The van der Waals surface area contributed by atoms with Gasteiger partial charge in [-0.05, 0) is 20.3 Å². The molecule has 0 saturated carbocycles. The first-order chi connectivity index (χ1) is 12.4. The number of carboxylic acid groups (broad SMARTS) is 2. The highest BCUT2D eigenvalue weighted by molar-refractivity contribution is 5.92. The normalized spacial score (nSPS) is 13.7. The number of ether oxygens (including phenoxy) is 2. The van der Waals surface area contributed by atoms with Gasteiger partial charge in [0, 0.05) is 13.0 Å². The van der Waals surface area contributed by atoms with Crippen LogP contribution in [-0.4, -0.2) is 41.2 Å². The van der Waals surface area contributed by atoms with Gasteiger partial charge in [-0.15, -0.1) is 0 Å². The van der Waals surface area contributed by atoms with Crippen molar-refractivity contribution in [2.75, 3.05) is 6.61 Å². The molecule has 0 aromatic heterocycles. The molecular formula is C20H38O6. The molecule has 0 amide bonds. The lowest BCUT2D eigenvalue weighted by Gasteiger charge is -2.23. The summed E-state index contributed by atoms with van der Waals surface area (Å²) < 4.78 is 11.1. The Morgan fingerprint density at radius 3 is 1.81 bits per heavy atom. The summed E-state index contributed by atoms with van der Waals surface area (Å²) in [5.41, 5.74) is 0. The van der Waals surface area contributed by atoms with E-state index in [0.717, 1.165) is 19.3 Å². The molecule has 0 fully saturated rings. The largest absolute Gasteiger partial charge is 0.481 e. The van der Waals surface area contributed by atoms with Gasteiger partial charge in [0.2, 0.25) is 0 Å². The van der Waals surface area contributed by atoms with Crippen LogP contribution in [0.3, 0.4) is 0 Å². The van der Waals surface area contributed by atoms with Crippen LogP contribution >= 0.6 is 0 Å². The lowest BCUT2D eigenvalue weighted by Crippen LogP contribution is -2.32. The van der Waals surface area contributed by atoms with Crippen LogP contribution < -0.4 is 0 Å². The Bertz CT molecular complexity index is 357. The topological polar surface area (TPSA) is 93.1 Å². The number of unbranched alkanes of at least 4 members (excludes halogenated alkanes) is 8. The minimum absolute atomic E-state index is 0.0839. The minimum atomic E-state index is -1.51. The molecule has 0 saturated heterocycles. The Morgan fingerprint density at radius 1 is 0.846 bits per heavy atom. The second-order valence-corrected chi connectivity index (χ2v) is 6.91. The van der Waals surface area contributed by atoms with Crippen molar-refractivity contribution in [1.82, 2.24) is 0 Å². The molecule has 0 aromatic rings. The van der Waals surface area contributed by atoms with Gasteiger partial charge in [-0.2, -0.15) is 0 Å². The van der Waals surface area contributed by atoms with Gasteiger partial charge in [0.1, 0.15) is 0 Å². The first-order valence-corrected chi connectivity index (χ1v) is 10.1. The summed E-state index contributed by atoms with van der Waals surface area (Å²) in [5.74, 6) is -4.23. The first-order valence-electron chi connectivity index (χ1n) is 10.1. The molecule has 0 aliphatic heterocycles. The predicted molar refractivity (Wildman–Crippen MR) is 101 cm³/mol. The zero-order valence-corrected chi connectivity index (χ0v) is 16.7. The van der Waals surface area contributed by atoms with E-state index in [4.69, 9.17) is 19.7 Å². The number of aliphatic carboxylic acids is 2. The molecule has 6 nitrogen and oxygen atoms in total.